The number of aliphatic hydroxyl groups is 2. The van der Waals surface area contributed by atoms with Crippen molar-refractivity contribution in [3.05, 3.63) is 95.1 Å². The lowest BCUT2D eigenvalue weighted by molar-refractivity contribution is -0.140. The van der Waals surface area contributed by atoms with E-state index in [4.69, 9.17) is 4.74 Å². The lowest BCUT2D eigenvalue weighted by atomic mass is 9.94. The molecule has 0 bridgehead atoms. The van der Waals surface area contributed by atoms with Gasteiger partial charge in [-0.2, -0.15) is 0 Å². The molecule has 0 aliphatic heterocycles. The smallest absolute Gasteiger partial charge is 0.407 e. The second-order valence-electron chi connectivity index (χ2n) is 8.83. The van der Waals surface area contributed by atoms with Crippen LogP contribution in [0.3, 0.4) is 0 Å². The van der Waals surface area contributed by atoms with Gasteiger partial charge in [-0.05, 0) is 46.2 Å². The van der Waals surface area contributed by atoms with E-state index in [-0.39, 0.29) is 37.9 Å². The Morgan fingerprint density at radius 2 is 1.53 bits per heavy atom. The number of methoxy groups -OCH3 is 1. The topological polar surface area (TPSA) is 105 Å². The molecular weight excluding hydrogens is 458 g/mol. The summed E-state index contributed by atoms with van der Waals surface area (Å²) in [5.41, 5.74) is 5.90. The molecule has 0 aromatic heterocycles. The van der Waals surface area contributed by atoms with Crippen molar-refractivity contribution in [3.63, 3.8) is 0 Å². The lowest BCUT2D eigenvalue weighted by Crippen LogP contribution is -2.31. The molecular formula is C29H31NO6. The molecule has 3 aromatic rings. The first-order chi connectivity index (χ1) is 17.5. The highest BCUT2D eigenvalue weighted by Crippen LogP contribution is 2.44. The number of amides is 1. The van der Waals surface area contributed by atoms with Gasteiger partial charge >= 0.3 is 12.1 Å². The molecule has 3 aromatic carbocycles. The van der Waals surface area contributed by atoms with Gasteiger partial charge in [-0.3, -0.25) is 4.79 Å². The van der Waals surface area contributed by atoms with Crippen LogP contribution in [-0.4, -0.2) is 48.6 Å². The molecule has 7 nitrogen and oxygen atoms in total. The predicted molar refractivity (Wildman–Crippen MR) is 135 cm³/mol. The Hall–Kier alpha value is -3.68. The third-order valence-electron chi connectivity index (χ3n) is 6.62. The molecule has 7 heteroatoms. The molecule has 0 fully saturated rings. The van der Waals surface area contributed by atoms with Crippen LogP contribution < -0.4 is 5.32 Å². The number of benzene rings is 3. The number of alkyl carbamates (subject to hydrolysis) is 1. The zero-order chi connectivity index (χ0) is 25.5. The van der Waals surface area contributed by atoms with Crippen LogP contribution in [0.15, 0.2) is 72.8 Å². The van der Waals surface area contributed by atoms with Gasteiger partial charge in [0.2, 0.25) is 0 Å². The average molecular weight is 490 g/mol. The van der Waals surface area contributed by atoms with Crippen LogP contribution in [0.2, 0.25) is 0 Å². The lowest BCUT2D eigenvalue weighted by Gasteiger charge is -2.21. The first kappa shape index (κ1) is 25.4. The summed E-state index contributed by atoms with van der Waals surface area (Å²) in [6.45, 7) is 0.345. The minimum atomic E-state index is -1.15. The van der Waals surface area contributed by atoms with E-state index in [1.54, 1.807) is 12.1 Å². The Bertz CT molecular complexity index is 1160. The van der Waals surface area contributed by atoms with Gasteiger partial charge in [0, 0.05) is 18.9 Å². The zero-order valence-electron chi connectivity index (χ0n) is 20.2. The molecule has 0 saturated carbocycles. The number of hydrogen-bond donors (Lipinski definition) is 3. The number of fused-ring (bicyclic) bond motifs is 3. The number of ether oxygens (including phenoxy) is 2. The fourth-order valence-electron chi connectivity index (χ4n) is 4.73. The second-order valence-corrected chi connectivity index (χ2v) is 8.83. The molecule has 3 N–H and O–H groups in total. The third kappa shape index (κ3) is 5.75. The van der Waals surface area contributed by atoms with Crippen LogP contribution >= 0.6 is 0 Å². The first-order valence-corrected chi connectivity index (χ1v) is 12.1. The van der Waals surface area contributed by atoms with E-state index in [1.165, 1.54) is 7.11 Å². The minimum absolute atomic E-state index is 0.0305. The number of carbonyl (C=O) groups is 2. The Morgan fingerprint density at radius 3 is 2.19 bits per heavy atom. The quantitative estimate of drug-likeness (QED) is 0.370. The van der Waals surface area contributed by atoms with Crippen molar-refractivity contribution >= 4 is 12.1 Å². The Labute approximate surface area is 210 Å². The van der Waals surface area contributed by atoms with Gasteiger partial charge in [0.05, 0.1) is 13.2 Å². The molecule has 1 amide bonds. The number of carbonyl (C=O) groups excluding carboxylic acids is 2. The predicted octanol–water partition coefficient (Wildman–Crippen LogP) is 4.12. The molecule has 188 valence electrons. The largest absolute Gasteiger partial charge is 0.469 e. The third-order valence-corrected chi connectivity index (χ3v) is 6.62. The second kappa shape index (κ2) is 11.8. The van der Waals surface area contributed by atoms with Crippen LogP contribution in [0, 0.1) is 0 Å². The summed E-state index contributed by atoms with van der Waals surface area (Å²) in [6, 6.07) is 23.4. The van der Waals surface area contributed by atoms with E-state index < -0.39 is 18.3 Å². The summed E-state index contributed by atoms with van der Waals surface area (Å²) in [5, 5.41) is 23.9. The van der Waals surface area contributed by atoms with E-state index in [0.29, 0.717) is 12.0 Å². The molecule has 0 heterocycles. The highest BCUT2D eigenvalue weighted by atomic mass is 16.5. The zero-order valence-corrected chi connectivity index (χ0v) is 20.2. The van der Waals surface area contributed by atoms with Crippen molar-refractivity contribution in [1.82, 2.24) is 5.32 Å². The van der Waals surface area contributed by atoms with Gasteiger partial charge < -0.3 is 25.0 Å². The molecule has 1 aliphatic carbocycles. The number of aliphatic hydroxyl groups excluding tert-OH is 2. The number of nitrogens with one attached hydrogen (secondary N) is 1. The molecule has 0 saturated heterocycles. The molecule has 36 heavy (non-hydrogen) atoms. The maximum absolute atomic E-state index is 12.4. The summed E-state index contributed by atoms with van der Waals surface area (Å²) in [4.78, 5) is 23.8. The monoisotopic (exact) mass is 489 g/mol. The van der Waals surface area contributed by atoms with Crippen LogP contribution in [-0.2, 0) is 20.7 Å². The van der Waals surface area contributed by atoms with E-state index in [0.717, 1.165) is 27.8 Å². The number of hydrogen-bond acceptors (Lipinski definition) is 6. The number of rotatable bonds is 10. The van der Waals surface area contributed by atoms with Crippen LogP contribution in [0.4, 0.5) is 4.79 Å². The van der Waals surface area contributed by atoms with Gasteiger partial charge in [0.15, 0.2) is 0 Å². The highest BCUT2D eigenvalue weighted by Gasteiger charge is 2.29. The van der Waals surface area contributed by atoms with E-state index in [2.05, 4.69) is 34.3 Å². The Morgan fingerprint density at radius 1 is 0.917 bits per heavy atom. The van der Waals surface area contributed by atoms with Crippen molar-refractivity contribution in [2.75, 3.05) is 20.3 Å². The fourth-order valence-corrected chi connectivity index (χ4v) is 4.73. The summed E-state index contributed by atoms with van der Waals surface area (Å²) in [7, 11) is 1.33. The summed E-state index contributed by atoms with van der Waals surface area (Å²) in [6.07, 6.45) is -2.11. The van der Waals surface area contributed by atoms with Crippen molar-refractivity contribution < 1.29 is 29.3 Å². The average Bonchev–Trinajstić information content (AvgIpc) is 3.23. The van der Waals surface area contributed by atoms with Crippen LogP contribution in [0.1, 0.15) is 47.1 Å². The van der Waals surface area contributed by atoms with Crippen molar-refractivity contribution in [2.45, 2.75) is 37.4 Å². The Kier molecular flexibility index (Phi) is 8.36. The molecule has 2 unspecified atom stereocenters. The van der Waals surface area contributed by atoms with Gasteiger partial charge in [-0.25, -0.2) is 4.79 Å². The van der Waals surface area contributed by atoms with E-state index >= 15 is 0 Å². The van der Waals surface area contributed by atoms with Gasteiger partial charge in [0.25, 0.3) is 0 Å². The minimum Gasteiger partial charge on any atom is -0.469 e. The van der Waals surface area contributed by atoms with Crippen molar-refractivity contribution in [1.29, 1.82) is 0 Å². The molecule has 2 atom stereocenters. The molecule has 0 spiro atoms. The summed E-state index contributed by atoms with van der Waals surface area (Å²) in [5.74, 6) is -0.371. The standard InChI is InChI=1S/C29H31NO6/c1-35-27(32)15-14-19-8-2-3-9-20(19)28(33)26(31)16-17-30-29(34)36-18-25-23-12-6-4-10-21(23)22-11-5-7-13-24(22)25/h2-13,25-26,28,31,33H,14-18H2,1H3,(H,30,34). The normalized spacial score (nSPS) is 13.9. The number of esters is 1. The first-order valence-electron chi connectivity index (χ1n) is 12.1. The van der Waals surface area contributed by atoms with Crippen LogP contribution in [0.5, 0.6) is 0 Å². The van der Waals surface area contributed by atoms with Gasteiger partial charge in [-0.15, -0.1) is 0 Å². The molecule has 4 rings (SSSR count). The SMILES string of the molecule is COC(=O)CCc1ccccc1C(O)C(O)CCNC(=O)OCC1c2ccccc2-c2ccccc21. The number of aryl methyl sites for hydroxylation is 1. The van der Waals surface area contributed by atoms with E-state index in [1.807, 2.05) is 36.4 Å². The fraction of sp³-hybridized carbons (Fsp3) is 0.310. The summed E-state index contributed by atoms with van der Waals surface area (Å²) >= 11 is 0. The van der Waals surface area contributed by atoms with Crippen LogP contribution in [0.25, 0.3) is 11.1 Å². The molecule has 1 aliphatic rings. The maximum Gasteiger partial charge on any atom is 0.407 e. The Balaban J connectivity index is 1.27. The summed E-state index contributed by atoms with van der Waals surface area (Å²) < 4.78 is 10.2. The molecule has 0 radical (unpaired) electrons. The van der Waals surface area contributed by atoms with E-state index in [9.17, 15) is 19.8 Å². The maximum atomic E-state index is 12.4. The van der Waals surface area contributed by atoms with Gasteiger partial charge in [0.1, 0.15) is 12.7 Å². The highest BCUT2D eigenvalue weighted by molar-refractivity contribution is 5.79. The van der Waals surface area contributed by atoms with Crippen molar-refractivity contribution in [2.24, 2.45) is 0 Å². The van der Waals surface area contributed by atoms with Crippen molar-refractivity contribution in [3.8, 4) is 11.1 Å². The van der Waals surface area contributed by atoms with Gasteiger partial charge in [-0.1, -0.05) is 72.8 Å².